The van der Waals surface area contributed by atoms with Gasteiger partial charge in [0.2, 0.25) is 11.8 Å². The number of anilines is 1. The number of carbonyl (C=O) groups is 3. The molecule has 1 saturated heterocycles. The topological polar surface area (TPSA) is 137 Å². The monoisotopic (exact) mass is 422 g/mol. The third kappa shape index (κ3) is 5.47. The van der Waals surface area contributed by atoms with Crippen LogP contribution in [0.3, 0.4) is 0 Å². The predicted octanol–water partition coefficient (Wildman–Crippen LogP) is 1.90. The molecule has 5 N–H and O–H groups in total. The normalized spacial score (nSPS) is 24.3. The minimum absolute atomic E-state index is 0. The molecule has 2 amide bonds. The molecule has 1 atom stereocenters. The molecule has 1 heterocycles. The molecule has 2 aliphatic rings. The highest BCUT2D eigenvalue weighted by atomic mass is 35.5. The van der Waals surface area contributed by atoms with Crippen molar-refractivity contribution in [2.75, 3.05) is 11.4 Å². The fourth-order valence-corrected chi connectivity index (χ4v) is 3.95. The molecule has 1 aromatic rings. The Bertz CT molecular complexity index is 775. The summed E-state index contributed by atoms with van der Waals surface area (Å²) >= 11 is 0. The van der Waals surface area contributed by atoms with E-state index in [1.165, 1.54) is 0 Å². The molecule has 29 heavy (non-hydrogen) atoms. The van der Waals surface area contributed by atoms with Crippen LogP contribution in [0.25, 0.3) is 0 Å². The number of benzene rings is 1. The van der Waals surface area contributed by atoms with E-state index in [2.05, 4.69) is 5.32 Å². The molecule has 1 aliphatic heterocycles. The third-order valence-corrected chi connectivity index (χ3v) is 5.71. The maximum absolute atomic E-state index is 12.6. The Morgan fingerprint density at radius 1 is 1.07 bits per heavy atom. The van der Waals surface area contributed by atoms with E-state index >= 15 is 0 Å². The summed E-state index contributed by atoms with van der Waals surface area (Å²) in [6.45, 7) is 0.460. The van der Waals surface area contributed by atoms with Gasteiger partial charge in [0, 0.05) is 36.2 Å². The molecule has 0 spiro atoms. The van der Waals surface area contributed by atoms with Crippen molar-refractivity contribution in [2.45, 2.75) is 44.6 Å². The van der Waals surface area contributed by atoms with E-state index < -0.39 is 5.97 Å². The van der Waals surface area contributed by atoms with E-state index in [0.29, 0.717) is 44.2 Å². The van der Waals surface area contributed by atoms with Gasteiger partial charge >= 0.3 is 5.97 Å². The number of hydrogen-bond acceptors (Lipinski definition) is 4. The fourth-order valence-electron chi connectivity index (χ4n) is 3.95. The summed E-state index contributed by atoms with van der Waals surface area (Å²) in [7, 11) is 0. The first-order valence-corrected chi connectivity index (χ1v) is 9.63. The summed E-state index contributed by atoms with van der Waals surface area (Å²) in [5.74, 6) is -1.66. The Kier molecular flexibility index (Phi) is 7.61. The number of aliphatic carboxylic acids is 1. The lowest BCUT2D eigenvalue weighted by Crippen LogP contribution is -2.47. The highest BCUT2D eigenvalue weighted by molar-refractivity contribution is 5.99. The van der Waals surface area contributed by atoms with Crippen LogP contribution in [-0.2, 0) is 14.4 Å². The van der Waals surface area contributed by atoms with Crippen molar-refractivity contribution in [3.8, 4) is 0 Å². The largest absolute Gasteiger partial charge is 0.481 e. The Morgan fingerprint density at radius 3 is 2.21 bits per heavy atom. The number of carboxylic acids is 1. The molecule has 1 aromatic carbocycles. The van der Waals surface area contributed by atoms with Crippen LogP contribution in [0, 0.1) is 17.2 Å². The highest BCUT2D eigenvalue weighted by Gasteiger charge is 2.33. The van der Waals surface area contributed by atoms with E-state index in [-0.39, 0.29) is 54.4 Å². The second-order valence-corrected chi connectivity index (χ2v) is 7.59. The van der Waals surface area contributed by atoms with Gasteiger partial charge in [0.05, 0.1) is 5.92 Å². The van der Waals surface area contributed by atoms with Crippen molar-refractivity contribution < 1.29 is 19.5 Å². The van der Waals surface area contributed by atoms with Gasteiger partial charge in [-0.2, -0.15) is 0 Å². The number of nitrogens with two attached hydrogens (primary N) is 1. The van der Waals surface area contributed by atoms with Crippen molar-refractivity contribution in [1.82, 2.24) is 5.32 Å². The molecule has 1 unspecified atom stereocenters. The SMILES string of the molecule is Cl.N=C(N)c1ccc(N2CCC(C(=O)NC3CCC(C(=O)O)CC3)CC2=O)cc1. The van der Waals surface area contributed by atoms with Crippen molar-refractivity contribution in [3.63, 3.8) is 0 Å². The number of amides is 2. The maximum atomic E-state index is 12.6. The number of amidine groups is 1. The molecular weight excluding hydrogens is 396 g/mol. The molecule has 0 bridgehead atoms. The van der Waals surface area contributed by atoms with E-state index in [4.69, 9.17) is 16.2 Å². The number of nitrogens with one attached hydrogen (secondary N) is 2. The molecule has 1 aliphatic carbocycles. The Labute approximate surface area is 175 Å². The van der Waals surface area contributed by atoms with Crippen LogP contribution in [0.2, 0.25) is 0 Å². The van der Waals surface area contributed by atoms with E-state index in [1.54, 1.807) is 29.2 Å². The summed E-state index contributed by atoms with van der Waals surface area (Å²) in [5.41, 5.74) is 6.79. The number of hydrogen-bond donors (Lipinski definition) is 4. The first-order chi connectivity index (χ1) is 13.3. The molecule has 2 fully saturated rings. The number of nitrogen functional groups attached to an aromatic ring is 1. The Hall–Kier alpha value is -2.61. The van der Waals surface area contributed by atoms with Crippen molar-refractivity contribution in [3.05, 3.63) is 29.8 Å². The molecule has 0 aromatic heterocycles. The molecule has 158 valence electrons. The second-order valence-electron chi connectivity index (χ2n) is 7.59. The van der Waals surface area contributed by atoms with Crippen molar-refractivity contribution >= 4 is 41.7 Å². The lowest BCUT2D eigenvalue weighted by molar-refractivity contribution is -0.143. The molecule has 0 radical (unpaired) electrons. The Morgan fingerprint density at radius 2 is 1.69 bits per heavy atom. The van der Waals surface area contributed by atoms with Gasteiger partial charge in [-0.25, -0.2) is 0 Å². The molecule has 8 nitrogen and oxygen atoms in total. The summed E-state index contributed by atoms with van der Waals surface area (Å²) < 4.78 is 0. The van der Waals surface area contributed by atoms with E-state index in [9.17, 15) is 14.4 Å². The number of nitrogens with zero attached hydrogens (tertiary/aromatic N) is 1. The standard InChI is InChI=1S/C20H26N4O4.ClH/c21-18(22)12-3-7-16(8-4-12)24-10-9-14(11-17(24)25)19(26)23-15-5-1-13(2-6-15)20(27)28;/h3-4,7-8,13-15H,1-2,5-6,9-11H2,(H3,21,22)(H,23,26)(H,27,28);1H. The van der Waals surface area contributed by atoms with Gasteiger partial charge in [-0.05, 0) is 56.4 Å². The first-order valence-electron chi connectivity index (χ1n) is 9.63. The van der Waals surface area contributed by atoms with Gasteiger partial charge in [0.25, 0.3) is 0 Å². The summed E-state index contributed by atoms with van der Waals surface area (Å²) in [6, 6.07) is 6.93. The molecule has 3 rings (SSSR count). The number of carboxylic acid groups (broad SMARTS) is 1. The van der Waals surface area contributed by atoms with Crippen LogP contribution >= 0.6 is 12.4 Å². The summed E-state index contributed by atoms with van der Waals surface area (Å²) in [5, 5.41) is 19.5. The summed E-state index contributed by atoms with van der Waals surface area (Å²) in [6.07, 6.45) is 3.22. The van der Waals surface area contributed by atoms with E-state index in [0.717, 1.165) is 5.69 Å². The summed E-state index contributed by atoms with van der Waals surface area (Å²) in [4.78, 5) is 37.8. The van der Waals surface area contributed by atoms with E-state index in [1.807, 2.05) is 0 Å². The Balaban J connectivity index is 0.00000300. The zero-order valence-corrected chi connectivity index (χ0v) is 16.9. The van der Waals surface area contributed by atoms with Gasteiger partial charge in [0.15, 0.2) is 0 Å². The predicted molar refractivity (Wildman–Crippen MR) is 111 cm³/mol. The van der Waals surface area contributed by atoms with Gasteiger partial charge in [0.1, 0.15) is 5.84 Å². The first kappa shape index (κ1) is 22.7. The smallest absolute Gasteiger partial charge is 0.306 e. The lowest BCUT2D eigenvalue weighted by atomic mass is 9.85. The minimum atomic E-state index is -0.765. The van der Waals surface area contributed by atoms with Crippen molar-refractivity contribution in [1.29, 1.82) is 5.41 Å². The zero-order valence-electron chi connectivity index (χ0n) is 16.1. The van der Waals surface area contributed by atoms with Crippen molar-refractivity contribution in [2.24, 2.45) is 17.6 Å². The van der Waals surface area contributed by atoms with Crippen LogP contribution in [0.15, 0.2) is 24.3 Å². The van der Waals surface area contributed by atoms with Gasteiger partial charge in [-0.1, -0.05) is 0 Å². The fraction of sp³-hybridized carbons (Fsp3) is 0.500. The number of halogens is 1. The van der Waals surface area contributed by atoms with Gasteiger partial charge < -0.3 is 21.1 Å². The number of carbonyl (C=O) groups excluding carboxylic acids is 2. The number of piperidine rings is 1. The second kappa shape index (κ2) is 9.73. The van der Waals surface area contributed by atoms with Crippen LogP contribution < -0.4 is 16.0 Å². The van der Waals surface area contributed by atoms with Crippen LogP contribution in [0.5, 0.6) is 0 Å². The molecule has 1 saturated carbocycles. The van der Waals surface area contributed by atoms with Crippen LogP contribution in [0.4, 0.5) is 5.69 Å². The van der Waals surface area contributed by atoms with Gasteiger partial charge in [-0.15, -0.1) is 12.4 Å². The average molecular weight is 423 g/mol. The quantitative estimate of drug-likeness (QED) is 0.424. The maximum Gasteiger partial charge on any atom is 0.306 e. The highest BCUT2D eigenvalue weighted by Crippen LogP contribution is 2.27. The minimum Gasteiger partial charge on any atom is -0.481 e. The average Bonchev–Trinajstić information content (AvgIpc) is 2.68. The lowest BCUT2D eigenvalue weighted by Gasteiger charge is -2.33. The number of rotatable bonds is 5. The zero-order chi connectivity index (χ0) is 20.3. The van der Waals surface area contributed by atoms with Crippen LogP contribution in [-0.4, -0.2) is 41.3 Å². The molecular formula is C20H27ClN4O4. The third-order valence-electron chi connectivity index (χ3n) is 5.71. The molecule has 9 heteroatoms. The van der Waals surface area contributed by atoms with Gasteiger partial charge in [-0.3, -0.25) is 19.8 Å². The van der Waals surface area contributed by atoms with Crippen LogP contribution in [0.1, 0.15) is 44.1 Å².